The smallest absolute Gasteiger partial charge is 0.279 e. The third-order valence-corrected chi connectivity index (χ3v) is 3.66. The number of aliphatic hydroxyl groups excluding tert-OH is 2. The number of nitrogens with zero attached hydrogens (tertiary/aromatic N) is 3. The lowest BCUT2D eigenvalue weighted by atomic mass is 10.0. The largest absolute Gasteiger partial charge is 0.394 e. The standard InChI is InChI=1S/C13H13FN4O4/c1-3-13(10(14)9(20)7(4-19)22-13)18-5-15-8-11(18)16-6(2)17-12(8)21/h1,5,7,9-10,19-20H,4H2,2H3,(H,16,17,21)/t7-,9-,10-,13-/m1/s1. The van der Waals surface area contributed by atoms with E-state index in [0.29, 0.717) is 5.82 Å². The van der Waals surface area contributed by atoms with E-state index in [2.05, 4.69) is 20.9 Å². The number of aromatic amines is 1. The van der Waals surface area contributed by atoms with Gasteiger partial charge in [-0.05, 0) is 12.8 Å². The van der Waals surface area contributed by atoms with Crippen LogP contribution in [0.4, 0.5) is 4.39 Å². The van der Waals surface area contributed by atoms with Gasteiger partial charge in [0.05, 0.1) is 6.61 Å². The van der Waals surface area contributed by atoms with E-state index in [1.807, 2.05) is 0 Å². The van der Waals surface area contributed by atoms with Crippen molar-refractivity contribution in [3.05, 3.63) is 22.5 Å². The molecule has 9 heteroatoms. The number of aliphatic hydroxyl groups is 2. The Hall–Kier alpha value is -2.28. The molecule has 8 nitrogen and oxygen atoms in total. The second-order valence-corrected chi connectivity index (χ2v) is 5.01. The SMILES string of the molecule is C#C[C@@]1(n2cnc3c(=O)[nH]c(C)nc32)O[C@H](CO)[C@@H](O)[C@H]1F. The predicted octanol–water partition coefficient (Wildman–Crippen LogP) is -1.20. The Labute approximate surface area is 123 Å². The summed E-state index contributed by atoms with van der Waals surface area (Å²) in [7, 11) is 0. The molecule has 0 bridgehead atoms. The molecule has 0 saturated carbocycles. The van der Waals surface area contributed by atoms with Crippen LogP contribution in [0.25, 0.3) is 11.2 Å². The van der Waals surface area contributed by atoms with Crippen LogP contribution in [-0.2, 0) is 10.5 Å². The number of fused-ring (bicyclic) bond motifs is 1. The Morgan fingerprint density at radius 3 is 3.00 bits per heavy atom. The third-order valence-electron chi connectivity index (χ3n) is 3.66. The molecule has 1 saturated heterocycles. The van der Waals surface area contributed by atoms with E-state index in [9.17, 15) is 14.3 Å². The van der Waals surface area contributed by atoms with Crippen molar-refractivity contribution in [2.45, 2.75) is 31.0 Å². The lowest BCUT2D eigenvalue weighted by Gasteiger charge is -2.26. The molecule has 3 heterocycles. The number of H-pyrrole nitrogens is 1. The van der Waals surface area contributed by atoms with E-state index in [0.717, 1.165) is 10.9 Å². The van der Waals surface area contributed by atoms with Crippen LogP contribution >= 0.6 is 0 Å². The number of rotatable bonds is 2. The zero-order valence-electron chi connectivity index (χ0n) is 11.5. The maximum Gasteiger partial charge on any atom is 0.279 e. The van der Waals surface area contributed by atoms with Gasteiger partial charge < -0.3 is 19.9 Å². The molecule has 0 amide bonds. The Balaban J connectivity index is 2.25. The fraction of sp³-hybridized carbons (Fsp3) is 0.462. The summed E-state index contributed by atoms with van der Waals surface area (Å²) in [5.74, 6) is 2.45. The van der Waals surface area contributed by atoms with Gasteiger partial charge in [0.1, 0.15) is 24.4 Å². The zero-order chi connectivity index (χ0) is 16.1. The first kappa shape index (κ1) is 14.6. The molecule has 0 radical (unpaired) electrons. The minimum absolute atomic E-state index is 0.0297. The van der Waals surface area contributed by atoms with Crippen molar-refractivity contribution >= 4 is 11.2 Å². The van der Waals surface area contributed by atoms with Crippen LogP contribution < -0.4 is 5.56 Å². The summed E-state index contributed by atoms with van der Waals surface area (Å²) in [4.78, 5) is 22.3. The van der Waals surface area contributed by atoms with Crippen molar-refractivity contribution in [3.63, 3.8) is 0 Å². The molecule has 3 N–H and O–H groups in total. The fourth-order valence-corrected chi connectivity index (χ4v) is 2.57. The summed E-state index contributed by atoms with van der Waals surface area (Å²) in [5, 5.41) is 19.0. The van der Waals surface area contributed by atoms with Crippen LogP contribution in [0, 0.1) is 19.3 Å². The molecule has 22 heavy (non-hydrogen) atoms. The van der Waals surface area contributed by atoms with Gasteiger partial charge >= 0.3 is 0 Å². The van der Waals surface area contributed by atoms with Crippen LogP contribution in [0.15, 0.2) is 11.1 Å². The number of alkyl halides is 1. The Morgan fingerprint density at radius 1 is 1.68 bits per heavy atom. The quantitative estimate of drug-likeness (QED) is 0.601. The molecule has 1 aliphatic heterocycles. The Kier molecular flexibility index (Phi) is 3.25. The highest BCUT2D eigenvalue weighted by atomic mass is 19.1. The van der Waals surface area contributed by atoms with Crippen LogP contribution in [-0.4, -0.2) is 54.7 Å². The summed E-state index contributed by atoms with van der Waals surface area (Å²) in [5.41, 5.74) is -2.53. The molecule has 2 aromatic heterocycles. The van der Waals surface area contributed by atoms with E-state index in [-0.39, 0.29) is 11.2 Å². The van der Waals surface area contributed by atoms with Gasteiger partial charge in [0.15, 0.2) is 17.3 Å². The molecular formula is C13H13FN4O4. The van der Waals surface area contributed by atoms with E-state index in [1.54, 1.807) is 6.92 Å². The second kappa shape index (κ2) is 4.88. The Morgan fingerprint density at radius 2 is 2.41 bits per heavy atom. The predicted molar refractivity (Wildman–Crippen MR) is 72.6 cm³/mol. The first-order valence-corrected chi connectivity index (χ1v) is 6.47. The van der Waals surface area contributed by atoms with Crippen molar-refractivity contribution in [1.29, 1.82) is 0 Å². The number of ether oxygens (including phenoxy) is 1. The van der Waals surface area contributed by atoms with E-state index < -0.39 is 36.3 Å². The van der Waals surface area contributed by atoms with Crippen molar-refractivity contribution in [2.75, 3.05) is 6.61 Å². The molecule has 0 aromatic carbocycles. The van der Waals surface area contributed by atoms with E-state index in [4.69, 9.17) is 16.3 Å². The van der Waals surface area contributed by atoms with Crippen molar-refractivity contribution in [3.8, 4) is 12.3 Å². The molecule has 1 aliphatic rings. The summed E-state index contributed by atoms with van der Waals surface area (Å²) >= 11 is 0. The highest BCUT2D eigenvalue weighted by Crippen LogP contribution is 2.38. The summed E-state index contributed by atoms with van der Waals surface area (Å²) in [6.45, 7) is 0.944. The van der Waals surface area contributed by atoms with Crippen molar-refractivity contribution in [1.82, 2.24) is 19.5 Å². The first-order valence-electron chi connectivity index (χ1n) is 6.47. The number of terminal acetylenes is 1. The van der Waals surface area contributed by atoms with Gasteiger partial charge in [0.25, 0.3) is 5.56 Å². The van der Waals surface area contributed by atoms with Gasteiger partial charge in [-0.1, -0.05) is 0 Å². The summed E-state index contributed by atoms with van der Waals surface area (Å²) in [6, 6.07) is 0. The van der Waals surface area contributed by atoms with Gasteiger partial charge in [0.2, 0.25) is 5.72 Å². The molecule has 0 spiro atoms. The zero-order valence-corrected chi connectivity index (χ0v) is 11.5. The minimum atomic E-state index is -2.03. The highest BCUT2D eigenvalue weighted by Gasteiger charge is 2.56. The van der Waals surface area contributed by atoms with Crippen molar-refractivity contribution in [2.24, 2.45) is 0 Å². The van der Waals surface area contributed by atoms with Gasteiger partial charge in [-0.15, -0.1) is 6.42 Å². The monoisotopic (exact) mass is 308 g/mol. The van der Waals surface area contributed by atoms with E-state index >= 15 is 0 Å². The van der Waals surface area contributed by atoms with Gasteiger partial charge in [-0.3, -0.25) is 9.36 Å². The molecule has 4 atom stereocenters. The van der Waals surface area contributed by atoms with Gasteiger partial charge in [-0.25, -0.2) is 14.4 Å². The number of hydrogen-bond donors (Lipinski definition) is 3. The molecule has 116 valence electrons. The minimum Gasteiger partial charge on any atom is -0.394 e. The maximum atomic E-state index is 14.6. The van der Waals surface area contributed by atoms with Crippen LogP contribution in [0.3, 0.4) is 0 Å². The number of halogens is 1. The number of imidazole rings is 1. The van der Waals surface area contributed by atoms with Crippen LogP contribution in [0.5, 0.6) is 0 Å². The summed E-state index contributed by atoms with van der Waals surface area (Å²) in [6.07, 6.45) is 1.74. The lowest BCUT2D eigenvalue weighted by molar-refractivity contribution is -0.0905. The topological polar surface area (TPSA) is 113 Å². The maximum absolute atomic E-state index is 14.6. The van der Waals surface area contributed by atoms with E-state index in [1.165, 1.54) is 0 Å². The highest BCUT2D eigenvalue weighted by molar-refractivity contribution is 5.70. The molecule has 0 aliphatic carbocycles. The second-order valence-electron chi connectivity index (χ2n) is 5.01. The van der Waals surface area contributed by atoms with Crippen molar-refractivity contribution < 1.29 is 19.3 Å². The number of hydrogen-bond acceptors (Lipinski definition) is 6. The Bertz CT molecular complexity index is 826. The molecule has 2 aromatic rings. The fourth-order valence-electron chi connectivity index (χ4n) is 2.57. The average Bonchev–Trinajstić information content (AvgIpc) is 3.01. The van der Waals surface area contributed by atoms with Crippen LogP contribution in [0.2, 0.25) is 0 Å². The lowest BCUT2D eigenvalue weighted by Crippen LogP contribution is -2.41. The average molecular weight is 308 g/mol. The number of aromatic nitrogens is 4. The van der Waals surface area contributed by atoms with Gasteiger partial charge in [-0.2, -0.15) is 0 Å². The number of nitrogens with one attached hydrogen (secondary N) is 1. The van der Waals surface area contributed by atoms with Gasteiger partial charge in [0, 0.05) is 0 Å². The third kappa shape index (κ3) is 1.78. The first-order chi connectivity index (χ1) is 10.4. The molecule has 3 rings (SSSR count). The number of aryl methyl sites for hydroxylation is 1. The summed E-state index contributed by atoms with van der Waals surface area (Å²) < 4.78 is 21.0. The normalized spacial score (nSPS) is 31.5. The molecule has 0 unspecified atom stereocenters. The molecule has 1 fully saturated rings. The molecular weight excluding hydrogens is 295 g/mol. The van der Waals surface area contributed by atoms with Crippen LogP contribution in [0.1, 0.15) is 5.82 Å².